The highest BCUT2D eigenvalue weighted by atomic mass is 79.9. The number of pyridine rings is 1. The summed E-state index contributed by atoms with van der Waals surface area (Å²) in [7, 11) is 1.58. The highest BCUT2D eigenvalue weighted by Gasteiger charge is 2.14. The number of methoxy groups -OCH3 is 1. The molecular weight excluding hydrogens is 416 g/mol. The van der Waals surface area contributed by atoms with E-state index >= 15 is 0 Å². The monoisotopic (exact) mass is 432 g/mol. The number of rotatable bonds is 6. The molecule has 0 unspecified atom stereocenters. The van der Waals surface area contributed by atoms with E-state index in [4.69, 9.17) is 26.8 Å². The zero-order chi connectivity index (χ0) is 18.5. The molecule has 3 aromatic rings. The number of aromatic nitrogens is 1. The van der Waals surface area contributed by atoms with Crippen LogP contribution in [0.1, 0.15) is 11.3 Å². The molecule has 4 nitrogen and oxygen atoms in total. The Kier molecular flexibility index (Phi) is 6.01. The molecule has 0 fully saturated rings. The Bertz CT molecular complexity index is 884. The molecule has 26 heavy (non-hydrogen) atoms. The van der Waals surface area contributed by atoms with Crippen LogP contribution in [0.3, 0.4) is 0 Å². The van der Waals surface area contributed by atoms with Crippen LogP contribution < -0.4 is 15.2 Å². The molecule has 0 saturated heterocycles. The molecule has 0 atom stereocenters. The van der Waals surface area contributed by atoms with Crippen LogP contribution in [0.5, 0.6) is 17.4 Å². The minimum atomic E-state index is 0.473. The van der Waals surface area contributed by atoms with Gasteiger partial charge in [0.25, 0.3) is 0 Å². The summed E-state index contributed by atoms with van der Waals surface area (Å²) in [5.41, 5.74) is 8.50. The van der Waals surface area contributed by atoms with Gasteiger partial charge in [-0.3, -0.25) is 0 Å². The van der Waals surface area contributed by atoms with Gasteiger partial charge < -0.3 is 15.2 Å². The molecule has 0 amide bonds. The number of anilines is 1. The summed E-state index contributed by atoms with van der Waals surface area (Å²) in [6, 6.07) is 17.3. The first kappa shape index (κ1) is 18.5. The lowest BCUT2D eigenvalue weighted by atomic mass is 10.1. The number of nitrogens with two attached hydrogens (primary N) is 1. The van der Waals surface area contributed by atoms with Gasteiger partial charge in [-0.25, -0.2) is 4.98 Å². The maximum absolute atomic E-state index is 6.05. The summed E-state index contributed by atoms with van der Waals surface area (Å²) in [5.74, 6) is 1.63. The Balaban J connectivity index is 1.86. The number of nitrogens with zero attached hydrogens (tertiary/aromatic N) is 1. The van der Waals surface area contributed by atoms with Gasteiger partial charge >= 0.3 is 0 Å². The molecule has 1 heterocycles. The molecule has 0 aliphatic rings. The van der Waals surface area contributed by atoms with Crippen LogP contribution in [0.25, 0.3) is 0 Å². The lowest BCUT2D eigenvalue weighted by molar-refractivity contribution is 0.386. The number of halogens is 2. The van der Waals surface area contributed by atoms with Crippen LogP contribution >= 0.6 is 27.5 Å². The zero-order valence-electron chi connectivity index (χ0n) is 14.2. The molecule has 6 heteroatoms. The van der Waals surface area contributed by atoms with E-state index in [9.17, 15) is 0 Å². The van der Waals surface area contributed by atoms with Crippen molar-refractivity contribution in [2.24, 2.45) is 0 Å². The van der Waals surface area contributed by atoms with E-state index in [1.807, 2.05) is 24.3 Å². The maximum Gasteiger partial charge on any atom is 0.231 e. The summed E-state index contributed by atoms with van der Waals surface area (Å²) in [6.45, 7) is 0. The summed E-state index contributed by atoms with van der Waals surface area (Å²) in [6.07, 6.45) is 1.64. The van der Waals surface area contributed by atoms with Gasteiger partial charge in [0, 0.05) is 28.5 Å². The van der Waals surface area contributed by atoms with E-state index in [-0.39, 0.29) is 0 Å². The fraction of sp³-hybridized carbons (Fsp3) is 0.150. The molecular formula is C20H18BrClN2O2. The standard InChI is InChI=1S/C20H18BrClN2O2/c1-25-20-19(21)18(26-17-10-14(22)9-15(23)11-17)12-16(24-20)8-7-13-5-3-2-4-6-13/h2-6,9-12H,7-8,23H2,1H3. The quantitative estimate of drug-likeness (QED) is 0.509. The number of nitrogen functional groups attached to an aromatic ring is 1. The van der Waals surface area contributed by atoms with Crippen molar-refractivity contribution in [2.75, 3.05) is 12.8 Å². The van der Waals surface area contributed by atoms with Crippen LogP contribution in [0.4, 0.5) is 5.69 Å². The Morgan fingerprint density at radius 2 is 1.85 bits per heavy atom. The van der Waals surface area contributed by atoms with E-state index in [0.29, 0.717) is 32.6 Å². The fourth-order valence-electron chi connectivity index (χ4n) is 2.56. The number of hydrogen-bond acceptors (Lipinski definition) is 4. The fourth-order valence-corrected chi connectivity index (χ4v) is 3.24. The predicted octanol–water partition coefficient (Wildman–Crippen LogP) is 5.67. The summed E-state index contributed by atoms with van der Waals surface area (Å²) >= 11 is 9.54. The molecule has 134 valence electrons. The predicted molar refractivity (Wildman–Crippen MR) is 108 cm³/mol. The number of hydrogen-bond donors (Lipinski definition) is 1. The largest absolute Gasteiger partial charge is 0.480 e. The highest BCUT2D eigenvalue weighted by Crippen LogP contribution is 2.37. The van der Waals surface area contributed by atoms with Gasteiger partial charge in [-0.2, -0.15) is 0 Å². The van der Waals surface area contributed by atoms with Gasteiger partial charge in [0.05, 0.1) is 7.11 Å². The van der Waals surface area contributed by atoms with Gasteiger partial charge in [-0.1, -0.05) is 41.9 Å². The van der Waals surface area contributed by atoms with E-state index < -0.39 is 0 Å². The molecule has 0 aliphatic carbocycles. The molecule has 0 aliphatic heterocycles. The van der Waals surface area contributed by atoms with Crippen molar-refractivity contribution in [2.45, 2.75) is 12.8 Å². The average molecular weight is 434 g/mol. The normalized spacial score (nSPS) is 10.6. The minimum Gasteiger partial charge on any atom is -0.480 e. The first-order valence-electron chi connectivity index (χ1n) is 8.06. The third kappa shape index (κ3) is 4.68. The lowest BCUT2D eigenvalue weighted by Gasteiger charge is -2.13. The first-order valence-corrected chi connectivity index (χ1v) is 9.23. The molecule has 0 spiro atoms. The lowest BCUT2D eigenvalue weighted by Crippen LogP contribution is -2.00. The van der Waals surface area contributed by atoms with Crippen molar-refractivity contribution in [3.05, 3.63) is 75.4 Å². The van der Waals surface area contributed by atoms with Crippen molar-refractivity contribution in [1.29, 1.82) is 0 Å². The second-order valence-corrected chi connectivity index (χ2v) is 6.97. The topological polar surface area (TPSA) is 57.4 Å². The molecule has 1 aromatic heterocycles. The van der Waals surface area contributed by atoms with Gasteiger partial charge in [0.15, 0.2) is 0 Å². The Hall–Kier alpha value is -2.24. The highest BCUT2D eigenvalue weighted by molar-refractivity contribution is 9.10. The van der Waals surface area contributed by atoms with Crippen molar-refractivity contribution in [1.82, 2.24) is 4.98 Å². The van der Waals surface area contributed by atoms with Crippen molar-refractivity contribution in [3.8, 4) is 17.4 Å². The van der Waals surface area contributed by atoms with Crippen molar-refractivity contribution >= 4 is 33.2 Å². The van der Waals surface area contributed by atoms with Crippen LogP contribution in [0, 0.1) is 0 Å². The maximum atomic E-state index is 6.05. The Morgan fingerprint density at radius 3 is 2.54 bits per heavy atom. The van der Waals surface area contributed by atoms with Gasteiger partial charge in [0.1, 0.15) is 16.0 Å². The van der Waals surface area contributed by atoms with Gasteiger partial charge in [0.2, 0.25) is 5.88 Å². The Morgan fingerprint density at radius 1 is 1.08 bits per heavy atom. The zero-order valence-corrected chi connectivity index (χ0v) is 16.5. The third-order valence-corrected chi connectivity index (χ3v) is 4.72. The van der Waals surface area contributed by atoms with E-state index in [0.717, 1.165) is 18.5 Å². The smallest absolute Gasteiger partial charge is 0.231 e. The van der Waals surface area contributed by atoms with Crippen LogP contribution in [-0.2, 0) is 12.8 Å². The molecule has 0 radical (unpaired) electrons. The summed E-state index contributed by atoms with van der Waals surface area (Å²) in [5, 5.41) is 0.515. The second kappa shape index (κ2) is 8.43. The average Bonchev–Trinajstić information content (AvgIpc) is 2.62. The van der Waals surface area contributed by atoms with Crippen molar-refractivity contribution < 1.29 is 9.47 Å². The van der Waals surface area contributed by atoms with E-state index in [2.05, 4.69) is 33.0 Å². The number of aryl methyl sites for hydroxylation is 2. The van der Waals surface area contributed by atoms with E-state index in [1.165, 1.54) is 5.56 Å². The number of ether oxygens (including phenoxy) is 2. The Labute approximate surface area is 166 Å². The molecule has 0 saturated carbocycles. The van der Waals surface area contributed by atoms with Crippen LogP contribution in [0.15, 0.2) is 59.1 Å². The van der Waals surface area contributed by atoms with Gasteiger partial charge in [-0.05, 0) is 46.5 Å². The van der Waals surface area contributed by atoms with Crippen molar-refractivity contribution in [3.63, 3.8) is 0 Å². The first-order chi connectivity index (χ1) is 12.5. The summed E-state index contributed by atoms with van der Waals surface area (Å²) < 4.78 is 12.0. The third-order valence-electron chi connectivity index (χ3n) is 3.77. The molecule has 3 rings (SSSR count). The SMILES string of the molecule is COc1nc(CCc2ccccc2)cc(Oc2cc(N)cc(Cl)c2)c1Br. The van der Waals surface area contributed by atoms with E-state index in [1.54, 1.807) is 25.3 Å². The minimum absolute atomic E-state index is 0.473. The molecule has 2 aromatic carbocycles. The summed E-state index contributed by atoms with van der Waals surface area (Å²) in [4.78, 5) is 4.54. The van der Waals surface area contributed by atoms with Gasteiger partial charge in [-0.15, -0.1) is 0 Å². The molecule has 0 bridgehead atoms. The van der Waals surface area contributed by atoms with Crippen LogP contribution in [-0.4, -0.2) is 12.1 Å². The van der Waals surface area contributed by atoms with Crippen LogP contribution in [0.2, 0.25) is 5.02 Å². The second-order valence-electron chi connectivity index (χ2n) is 5.74. The number of benzene rings is 2. The molecule has 2 N–H and O–H groups in total.